The van der Waals surface area contributed by atoms with Crippen molar-refractivity contribution in [3.8, 4) is 0 Å². The fourth-order valence-electron chi connectivity index (χ4n) is 3.67. The third-order valence-electron chi connectivity index (χ3n) is 5.51. The highest BCUT2D eigenvalue weighted by molar-refractivity contribution is 6.04. The third kappa shape index (κ3) is 5.09. The lowest BCUT2D eigenvalue weighted by Gasteiger charge is -2.36. The van der Waals surface area contributed by atoms with E-state index in [4.69, 9.17) is 0 Å². The molecule has 154 valence electrons. The number of benzene rings is 2. The van der Waals surface area contributed by atoms with Gasteiger partial charge in [0.2, 0.25) is 0 Å². The molecule has 0 atom stereocenters. The van der Waals surface area contributed by atoms with Gasteiger partial charge in [-0.05, 0) is 55.2 Å². The van der Waals surface area contributed by atoms with Crippen molar-refractivity contribution >= 4 is 17.3 Å². The molecule has 0 spiro atoms. The monoisotopic (exact) mass is 403 g/mol. The van der Waals surface area contributed by atoms with Gasteiger partial charge in [0, 0.05) is 49.7 Å². The zero-order valence-corrected chi connectivity index (χ0v) is 16.1. The smallest absolute Gasteiger partial charge is 0.369 e. The zero-order valence-electron chi connectivity index (χ0n) is 16.1. The van der Waals surface area contributed by atoms with E-state index >= 15 is 0 Å². The molecule has 0 bridgehead atoms. The maximum absolute atomic E-state index is 12.9. The first-order valence-corrected chi connectivity index (χ1v) is 9.94. The Morgan fingerprint density at radius 2 is 1.72 bits per heavy atom. The van der Waals surface area contributed by atoms with E-state index in [1.54, 1.807) is 6.07 Å². The van der Waals surface area contributed by atoms with Crippen LogP contribution in [0.2, 0.25) is 0 Å². The largest absolute Gasteiger partial charge is 0.416 e. The number of hydrogen-bond acceptors (Lipinski definition) is 3. The highest BCUT2D eigenvalue weighted by Crippen LogP contribution is 2.31. The summed E-state index contributed by atoms with van der Waals surface area (Å²) in [7, 11) is 0. The second-order valence-corrected chi connectivity index (χ2v) is 7.81. The van der Waals surface area contributed by atoms with Crippen molar-refractivity contribution in [3.05, 3.63) is 59.7 Å². The summed E-state index contributed by atoms with van der Waals surface area (Å²) in [5.74, 6) is 0.332. The van der Waals surface area contributed by atoms with Crippen LogP contribution in [-0.4, -0.2) is 43.5 Å². The van der Waals surface area contributed by atoms with Crippen molar-refractivity contribution in [1.29, 1.82) is 0 Å². The molecule has 0 unspecified atom stereocenters. The molecule has 1 amide bonds. The number of piperazine rings is 1. The summed E-state index contributed by atoms with van der Waals surface area (Å²) in [6.45, 7) is 5.10. The first-order valence-electron chi connectivity index (χ1n) is 9.94. The Morgan fingerprint density at radius 3 is 2.41 bits per heavy atom. The van der Waals surface area contributed by atoms with Crippen LogP contribution in [0.4, 0.5) is 24.5 Å². The second-order valence-electron chi connectivity index (χ2n) is 7.81. The summed E-state index contributed by atoms with van der Waals surface area (Å²) in [5.41, 5.74) is 0.741. The molecule has 1 N–H and O–H groups in total. The minimum absolute atomic E-state index is 0.0149. The Labute approximate surface area is 168 Å². The molecule has 2 aromatic carbocycles. The molecule has 0 aromatic heterocycles. The van der Waals surface area contributed by atoms with E-state index in [0.29, 0.717) is 5.69 Å². The summed E-state index contributed by atoms with van der Waals surface area (Å²) in [5, 5.41) is 2.72. The average molecular weight is 403 g/mol. The molecule has 29 heavy (non-hydrogen) atoms. The summed E-state index contributed by atoms with van der Waals surface area (Å²) >= 11 is 0. The number of anilines is 2. The quantitative estimate of drug-likeness (QED) is 0.799. The summed E-state index contributed by atoms with van der Waals surface area (Å²) < 4.78 is 38.6. The van der Waals surface area contributed by atoms with Crippen LogP contribution in [0.5, 0.6) is 0 Å². The molecule has 7 heteroatoms. The minimum Gasteiger partial charge on any atom is -0.369 e. The van der Waals surface area contributed by atoms with E-state index in [2.05, 4.69) is 15.1 Å². The third-order valence-corrected chi connectivity index (χ3v) is 5.51. The maximum atomic E-state index is 12.9. The van der Waals surface area contributed by atoms with Crippen molar-refractivity contribution in [2.75, 3.05) is 42.9 Å². The first-order chi connectivity index (χ1) is 13.9. The SMILES string of the molecule is O=C(Nc1cccc(N2CCN(CC3CC3)CC2)c1)c1cccc(C(F)(F)F)c1. The standard InChI is InChI=1S/C22H24F3N3O/c23-22(24,25)18-4-1-3-17(13-18)21(29)26-19-5-2-6-20(14-19)28-11-9-27(10-12-28)15-16-7-8-16/h1-6,13-14,16H,7-12,15H2,(H,26,29). The van der Waals surface area contributed by atoms with E-state index in [-0.39, 0.29) is 5.56 Å². The van der Waals surface area contributed by atoms with Gasteiger partial charge < -0.3 is 10.2 Å². The van der Waals surface area contributed by atoms with E-state index in [9.17, 15) is 18.0 Å². The van der Waals surface area contributed by atoms with Gasteiger partial charge in [-0.25, -0.2) is 0 Å². The summed E-state index contributed by atoms with van der Waals surface area (Å²) in [6, 6.07) is 11.9. The normalized spacial score (nSPS) is 18.0. The van der Waals surface area contributed by atoms with Gasteiger partial charge in [-0.1, -0.05) is 12.1 Å². The second kappa shape index (κ2) is 8.06. The molecular formula is C22H24F3N3O. The van der Waals surface area contributed by atoms with Gasteiger partial charge in [-0.2, -0.15) is 13.2 Å². The molecule has 1 heterocycles. The van der Waals surface area contributed by atoms with Crippen molar-refractivity contribution in [1.82, 2.24) is 4.90 Å². The Morgan fingerprint density at radius 1 is 1.00 bits per heavy atom. The molecular weight excluding hydrogens is 379 g/mol. The van der Waals surface area contributed by atoms with Crippen LogP contribution in [-0.2, 0) is 6.18 Å². The van der Waals surface area contributed by atoms with Gasteiger partial charge >= 0.3 is 6.18 Å². The lowest BCUT2D eigenvalue weighted by atomic mass is 10.1. The average Bonchev–Trinajstić information content (AvgIpc) is 3.52. The Bertz CT molecular complexity index is 872. The predicted molar refractivity (Wildman–Crippen MR) is 107 cm³/mol. The fourth-order valence-corrected chi connectivity index (χ4v) is 3.67. The van der Waals surface area contributed by atoms with Crippen molar-refractivity contribution in [3.63, 3.8) is 0 Å². The van der Waals surface area contributed by atoms with Crippen LogP contribution in [0, 0.1) is 5.92 Å². The summed E-state index contributed by atoms with van der Waals surface area (Å²) in [4.78, 5) is 17.2. The molecule has 1 aliphatic heterocycles. The van der Waals surface area contributed by atoms with Crippen molar-refractivity contribution in [2.45, 2.75) is 19.0 Å². The number of halogens is 3. The molecule has 4 rings (SSSR count). The first kappa shape index (κ1) is 19.8. The lowest BCUT2D eigenvalue weighted by molar-refractivity contribution is -0.137. The Balaban J connectivity index is 1.39. The van der Waals surface area contributed by atoms with Gasteiger partial charge in [0.1, 0.15) is 0 Å². The molecule has 2 aromatic rings. The van der Waals surface area contributed by atoms with E-state index in [1.165, 1.54) is 31.5 Å². The van der Waals surface area contributed by atoms with Gasteiger partial charge in [0.15, 0.2) is 0 Å². The molecule has 1 saturated carbocycles. The highest BCUT2D eigenvalue weighted by Gasteiger charge is 2.31. The van der Waals surface area contributed by atoms with Crippen LogP contribution in [0.15, 0.2) is 48.5 Å². The molecule has 1 aliphatic carbocycles. The number of carbonyl (C=O) groups is 1. The van der Waals surface area contributed by atoms with Gasteiger partial charge in [0.25, 0.3) is 5.91 Å². The maximum Gasteiger partial charge on any atom is 0.416 e. The van der Waals surface area contributed by atoms with Crippen LogP contribution in [0.3, 0.4) is 0 Å². The van der Waals surface area contributed by atoms with Crippen LogP contribution in [0.1, 0.15) is 28.8 Å². The number of alkyl halides is 3. The highest BCUT2D eigenvalue weighted by atomic mass is 19.4. The molecule has 2 aliphatic rings. The summed E-state index contributed by atoms with van der Waals surface area (Å²) in [6.07, 6.45) is -1.76. The molecule has 4 nitrogen and oxygen atoms in total. The number of rotatable bonds is 5. The Hall–Kier alpha value is -2.54. The molecule has 1 saturated heterocycles. The number of nitrogens with one attached hydrogen (secondary N) is 1. The Kier molecular flexibility index (Phi) is 5.50. The number of carbonyl (C=O) groups excluding carboxylic acids is 1. The van der Waals surface area contributed by atoms with Crippen LogP contribution in [0.25, 0.3) is 0 Å². The van der Waals surface area contributed by atoms with Gasteiger partial charge in [0.05, 0.1) is 5.56 Å². The van der Waals surface area contributed by atoms with Crippen molar-refractivity contribution in [2.24, 2.45) is 5.92 Å². The van der Waals surface area contributed by atoms with Crippen LogP contribution >= 0.6 is 0 Å². The number of hydrogen-bond donors (Lipinski definition) is 1. The number of amides is 1. The van der Waals surface area contributed by atoms with E-state index < -0.39 is 17.6 Å². The van der Waals surface area contributed by atoms with Crippen LogP contribution < -0.4 is 10.2 Å². The van der Waals surface area contributed by atoms with Gasteiger partial charge in [-0.3, -0.25) is 9.69 Å². The fraction of sp³-hybridized carbons (Fsp3) is 0.409. The van der Waals surface area contributed by atoms with Crippen molar-refractivity contribution < 1.29 is 18.0 Å². The lowest BCUT2D eigenvalue weighted by Crippen LogP contribution is -2.47. The zero-order chi connectivity index (χ0) is 20.4. The topological polar surface area (TPSA) is 35.6 Å². The van der Waals surface area contributed by atoms with E-state index in [0.717, 1.165) is 49.9 Å². The molecule has 0 radical (unpaired) electrons. The molecule has 2 fully saturated rings. The minimum atomic E-state index is -4.47. The predicted octanol–water partition coefficient (Wildman–Crippen LogP) is 4.49. The van der Waals surface area contributed by atoms with E-state index in [1.807, 2.05) is 18.2 Å². The van der Waals surface area contributed by atoms with Gasteiger partial charge in [-0.15, -0.1) is 0 Å². The number of nitrogens with zero attached hydrogens (tertiary/aromatic N) is 2.